The summed E-state index contributed by atoms with van der Waals surface area (Å²) in [4.78, 5) is -0.662. The molecule has 0 fully saturated rings. The van der Waals surface area contributed by atoms with Crippen molar-refractivity contribution in [1.82, 2.24) is 4.90 Å². The summed E-state index contributed by atoms with van der Waals surface area (Å²) in [5.41, 5.74) is 4.35. The van der Waals surface area contributed by atoms with Crippen LogP contribution in [0.3, 0.4) is 0 Å². The molecule has 180 valence electrons. The molecule has 0 spiro atoms. The van der Waals surface area contributed by atoms with E-state index in [-0.39, 0.29) is 6.42 Å². The molecule has 0 aliphatic heterocycles. The number of allylic oxidation sites excluding steroid dienone is 4. The zero-order valence-corrected chi connectivity index (χ0v) is 19.7. The molecule has 0 aromatic heterocycles. The normalized spacial score (nSPS) is 19.3. The second-order valence-electron chi connectivity index (χ2n) is 9.02. The summed E-state index contributed by atoms with van der Waals surface area (Å²) >= 11 is 0. The Bertz CT molecular complexity index is 1030. The Labute approximate surface area is 193 Å². The minimum absolute atomic E-state index is 0.0301. The van der Waals surface area contributed by atoms with Gasteiger partial charge in [0.1, 0.15) is 0 Å². The molecule has 0 N–H and O–H groups in total. The zero-order valence-electron chi connectivity index (χ0n) is 19.7. The second-order valence-corrected chi connectivity index (χ2v) is 9.02. The minimum Gasteiger partial charge on any atom is -0.189 e. The average molecular weight is 466 g/mol. The molecule has 0 amide bonds. The van der Waals surface area contributed by atoms with Gasteiger partial charge in [0.05, 0.1) is 0 Å². The van der Waals surface area contributed by atoms with E-state index in [0.717, 1.165) is 23.8 Å². The van der Waals surface area contributed by atoms with E-state index < -0.39 is 29.2 Å². The lowest BCUT2D eigenvalue weighted by Gasteiger charge is -2.39. The minimum atomic E-state index is -5.07. The summed E-state index contributed by atoms with van der Waals surface area (Å²) in [5, 5.41) is 2.32. The van der Waals surface area contributed by atoms with Crippen LogP contribution < -0.4 is 0 Å². The van der Waals surface area contributed by atoms with Crippen molar-refractivity contribution in [2.24, 2.45) is 0 Å². The highest BCUT2D eigenvalue weighted by Gasteiger charge is 2.49. The van der Waals surface area contributed by atoms with Crippen LogP contribution >= 0.6 is 0 Å². The van der Waals surface area contributed by atoms with Crippen LogP contribution in [0, 0.1) is 0 Å². The van der Waals surface area contributed by atoms with Crippen LogP contribution in [0.4, 0.5) is 22.0 Å². The van der Waals surface area contributed by atoms with Gasteiger partial charge in [0.25, 0.3) is 0 Å². The molecule has 0 saturated heterocycles. The maximum Gasteiger partial charge on any atom is 0.464 e. The van der Waals surface area contributed by atoms with Gasteiger partial charge in [0, 0.05) is 18.9 Å². The van der Waals surface area contributed by atoms with Gasteiger partial charge in [0.15, 0.2) is 0 Å². The predicted molar refractivity (Wildman–Crippen MR) is 125 cm³/mol. The smallest absolute Gasteiger partial charge is 0.189 e. The molecule has 3 rings (SSSR count). The highest BCUT2D eigenvalue weighted by Crippen LogP contribution is 2.50. The average Bonchev–Trinajstić information content (AvgIpc) is 2.73. The number of rotatable bonds is 9. The van der Waals surface area contributed by atoms with E-state index in [4.69, 9.17) is 0 Å². The molecule has 0 bridgehead atoms. The quantitative estimate of drug-likeness (QED) is 0.203. The van der Waals surface area contributed by atoms with Crippen molar-refractivity contribution in [3.05, 3.63) is 65.3 Å². The topological polar surface area (TPSA) is 3.24 Å². The van der Waals surface area contributed by atoms with E-state index in [1.165, 1.54) is 22.1 Å². The third kappa shape index (κ3) is 5.01. The fraction of sp³-hybridized carbons (Fsp3) is 0.481. The molecule has 1 aliphatic carbocycles. The lowest BCUT2D eigenvalue weighted by molar-refractivity contribution is -0.326. The Morgan fingerprint density at radius 2 is 1.64 bits per heavy atom. The Morgan fingerprint density at radius 1 is 0.970 bits per heavy atom. The molecule has 6 heteroatoms. The van der Waals surface area contributed by atoms with Crippen LogP contribution in [0.1, 0.15) is 70.9 Å². The van der Waals surface area contributed by atoms with Crippen molar-refractivity contribution >= 4 is 16.3 Å². The number of unbranched alkanes of at least 4 members (excludes halogenated alkanes) is 1. The van der Waals surface area contributed by atoms with Crippen molar-refractivity contribution in [1.29, 1.82) is 0 Å². The fourth-order valence-electron chi connectivity index (χ4n) is 5.14. The number of alkyl halides is 5. The van der Waals surface area contributed by atoms with E-state index in [9.17, 15) is 22.0 Å². The summed E-state index contributed by atoms with van der Waals surface area (Å²) in [6.07, 6.45) is 1.90. The first-order valence-electron chi connectivity index (χ1n) is 11.6. The fourth-order valence-corrected chi connectivity index (χ4v) is 5.14. The molecule has 2 aromatic rings. The van der Waals surface area contributed by atoms with E-state index in [2.05, 4.69) is 63.3 Å². The first kappa shape index (κ1) is 25.4. The van der Waals surface area contributed by atoms with Crippen molar-refractivity contribution in [2.75, 3.05) is 6.54 Å². The van der Waals surface area contributed by atoms with E-state index >= 15 is 0 Å². The van der Waals surface area contributed by atoms with Crippen LogP contribution in [0.2, 0.25) is 0 Å². The third-order valence-electron chi connectivity index (χ3n) is 6.71. The van der Waals surface area contributed by atoms with Gasteiger partial charge < -0.3 is 0 Å². The van der Waals surface area contributed by atoms with E-state index in [0.29, 0.717) is 19.8 Å². The number of benzene rings is 2. The summed E-state index contributed by atoms with van der Waals surface area (Å²) in [5.74, 6) is 0. The maximum atomic E-state index is 13.5. The molecule has 0 heterocycles. The van der Waals surface area contributed by atoms with Gasteiger partial charge in [-0.1, -0.05) is 75.7 Å². The molecule has 2 aromatic carbocycles. The summed E-state index contributed by atoms with van der Waals surface area (Å²) < 4.78 is 66.4. The highest BCUT2D eigenvalue weighted by molar-refractivity contribution is 6.01. The largest absolute Gasteiger partial charge is 0.464 e. The molecule has 0 saturated carbocycles. The number of hydrogen-bond donors (Lipinski definition) is 0. The molecular weight excluding hydrogens is 433 g/mol. The lowest BCUT2D eigenvalue weighted by Crippen LogP contribution is -2.49. The van der Waals surface area contributed by atoms with Crippen LogP contribution in [0.15, 0.2) is 54.1 Å². The van der Waals surface area contributed by atoms with Gasteiger partial charge in [0.2, 0.25) is 0 Å². The van der Waals surface area contributed by atoms with E-state index in [1.54, 1.807) is 0 Å². The van der Waals surface area contributed by atoms with Crippen LogP contribution in [-0.2, 0) is 5.41 Å². The molecule has 1 atom stereocenters. The molecule has 1 unspecified atom stereocenters. The Kier molecular flexibility index (Phi) is 7.37. The SMILES string of the molecule is CC/C=C\C1=C(CC)c2cccc3cccc(c23)C1(C)CCCCN(C(C)(F)F)C(F)(F)F. The van der Waals surface area contributed by atoms with Gasteiger partial charge in [-0.05, 0) is 58.7 Å². The lowest BCUT2D eigenvalue weighted by atomic mass is 9.64. The van der Waals surface area contributed by atoms with Gasteiger partial charge >= 0.3 is 12.3 Å². The molecule has 1 nitrogen and oxygen atoms in total. The summed E-state index contributed by atoms with van der Waals surface area (Å²) in [6, 6.07) is 8.51. The maximum absolute atomic E-state index is 13.5. The van der Waals surface area contributed by atoms with Gasteiger partial charge in [-0.15, -0.1) is 0 Å². The second kappa shape index (κ2) is 9.57. The molecule has 1 aliphatic rings. The standard InChI is InChI=1S/C27H32F5N/c1-5-7-15-22-20(6-2)21-14-10-12-19-13-11-16-23(24(19)21)25(22,3)17-8-9-18-33(26(4,28)29)27(30,31)32/h7,10-16H,5-6,8-9,17-18H2,1-4H3/b15-7-. The highest BCUT2D eigenvalue weighted by atomic mass is 19.4. The van der Waals surface area contributed by atoms with Crippen LogP contribution in [0.5, 0.6) is 0 Å². The van der Waals surface area contributed by atoms with Crippen LogP contribution in [-0.4, -0.2) is 23.8 Å². The number of hydrogen-bond acceptors (Lipinski definition) is 1. The van der Waals surface area contributed by atoms with Gasteiger partial charge in [-0.2, -0.15) is 26.9 Å². The van der Waals surface area contributed by atoms with E-state index in [1.807, 2.05) is 6.07 Å². The Balaban J connectivity index is 1.98. The Morgan fingerprint density at radius 3 is 2.21 bits per heavy atom. The number of nitrogens with zero attached hydrogens (tertiary/aromatic N) is 1. The van der Waals surface area contributed by atoms with Gasteiger partial charge in [-0.25, -0.2) is 0 Å². The number of halogens is 5. The predicted octanol–water partition coefficient (Wildman–Crippen LogP) is 8.85. The first-order valence-corrected chi connectivity index (χ1v) is 11.6. The molecular formula is C27H32F5N. The summed E-state index contributed by atoms with van der Waals surface area (Å²) in [7, 11) is 0. The van der Waals surface area contributed by atoms with Crippen molar-refractivity contribution in [3.63, 3.8) is 0 Å². The third-order valence-corrected chi connectivity index (χ3v) is 6.71. The monoisotopic (exact) mass is 465 g/mol. The van der Waals surface area contributed by atoms with Crippen molar-refractivity contribution in [2.45, 2.75) is 77.6 Å². The van der Waals surface area contributed by atoms with Crippen molar-refractivity contribution in [3.8, 4) is 0 Å². The summed E-state index contributed by atoms with van der Waals surface area (Å²) in [6.45, 7) is 5.89. The Hall–Kier alpha value is -2.21. The van der Waals surface area contributed by atoms with Crippen molar-refractivity contribution < 1.29 is 22.0 Å². The zero-order chi connectivity index (χ0) is 24.4. The first-order chi connectivity index (χ1) is 15.4. The molecule has 33 heavy (non-hydrogen) atoms. The van der Waals surface area contributed by atoms with Gasteiger partial charge in [-0.3, -0.25) is 0 Å². The molecule has 0 radical (unpaired) electrons. The van der Waals surface area contributed by atoms with Crippen LogP contribution in [0.25, 0.3) is 16.3 Å².